The van der Waals surface area contributed by atoms with Crippen molar-refractivity contribution in [2.75, 3.05) is 25.6 Å². The van der Waals surface area contributed by atoms with Gasteiger partial charge in [-0.15, -0.1) is 0 Å². The molecule has 39 heavy (non-hydrogen) atoms. The quantitative estimate of drug-likeness (QED) is 0.190. The third-order valence-electron chi connectivity index (χ3n) is 6.87. The van der Waals surface area contributed by atoms with E-state index < -0.39 is 11.7 Å². The van der Waals surface area contributed by atoms with E-state index in [0.29, 0.717) is 35.5 Å². The molecule has 2 amide bonds. The molecule has 1 heterocycles. The van der Waals surface area contributed by atoms with Gasteiger partial charge in [-0.25, -0.2) is 4.39 Å². The van der Waals surface area contributed by atoms with E-state index in [1.54, 1.807) is 13.2 Å². The van der Waals surface area contributed by atoms with Crippen molar-refractivity contribution in [2.45, 2.75) is 13.5 Å². The number of aromatic nitrogens is 1. The van der Waals surface area contributed by atoms with Crippen LogP contribution in [0.4, 0.5) is 10.1 Å². The molecule has 0 spiro atoms. The molecule has 0 unspecified atom stereocenters. The van der Waals surface area contributed by atoms with Gasteiger partial charge >= 0.3 is 0 Å². The summed E-state index contributed by atoms with van der Waals surface area (Å²) in [5, 5.41) is 8.13. The van der Waals surface area contributed by atoms with Crippen molar-refractivity contribution in [3.05, 3.63) is 101 Å². The van der Waals surface area contributed by atoms with Crippen molar-refractivity contribution >= 4 is 39.3 Å². The van der Waals surface area contributed by atoms with Crippen LogP contribution in [0.3, 0.4) is 0 Å². The number of rotatable bonds is 9. The highest BCUT2D eigenvalue weighted by Crippen LogP contribution is 2.39. The van der Waals surface area contributed by atoms with Crippen molar-refractivity contribution in [1.82, 2.24) is 10.3 Å². The highest BCUT2D eigenvalue weighted by molar-refractivity contribution is 6.20. The minimum atomic E-state index is -0.517. The second kappa shape index (κ2) is 11.1. The monoisotopic (exact) mass is 524 g/mol. The molecule has 0 atom stereocenters. The van der Waals surface area contributed by atoms with Crippen LogP contribution in [0.1, 0.15) is 31.8 Å². The minimum Gasteiger partial charge on any atom is -0.383 e. The molecule has 8 heteroatoms. The molecule has 0 aliphatic heterocycles. The SMILES string of the molecule is COCCNCc1ccc2c(c1)[nH]c1c(C(N)=O)ccc(-c3cccc(NC(=O)c4ccc(F)cc4)c3C)c12. The second-order valence-corrected chi connectivity index (χ2v) is 9.39. The number of anilines is 1. The number of aromatic amines is 1. The van der Waals surface area contributed by atoms with Crippen molar-refractivity contribution < 1.29 is 18.7 Å². The Bertz CT molecular complexity index is 1690. The zero-order valence-corrected chi connectivity index (χ0v) is 21.7. The molecular weight excluding hydrogens is 495 g/mol. The predicted octanol–water partition coefficient (Wildman–Crippen LogP) is 5.52. The summed E-state index contributed by atoms with van der Waals surface area (Å²) >= 11 is 0. The lowest BCUT2D eigenvalue weighted by Gasteiger charge is -2.15. The van der Waals surface area contributed by atoms with Crippen LogP contribution < -0.4 is 16.4 Å². The smallest absolute Gasteiger partial charge is 0.255 e. The lowest BCUT2D eigenvalue weighted by atomic mass is 9.93. The number of fused-ring (bicyclic) bond motifs is 3. The Balaban J connectivity index is 1.58. The predicted molar refractivity (Wildman–Crippen MR) is 152 cm³/mol. The van der Waals surface area contributed by atoms with Gasteiger partial charge in [0.05, 0.1) is 17.7 Å². The number of carbonyl (C=O) groups is 2. The number of methoxy groups -OCH3 is 1. The summed E-state index contributed by atoms with van der Waals surface area (Å²) in [6, 6.07) is 20.9. The largest absolute Gasteiger partial charge is 0.383 e. The molecule has 0 fully saturated rings. The number of hydrogen-bond acceptors (Lipinski definition) is 4. The average molecular weight is 525 g/mol. The molecule has 5 rings (SSSR count). The topological polar surface area (TPSA) is 109 Å². The standard InChI is InChI=1S/C31H29FN4O3/c1-18-22(4-3-5-26(18)36-31(38)20-7-9-21(32)10-8-20)23-12-13-25(30(33)37)29-28(23)24-11-6-19(16-27(24)35-29)17-34-14-15-39-2/h3-13,16,34-35H,14-15,17H2,1-2H3,(H2,33,37)(H,36,38). The van der Waals surface area contributed by atoms with Crippen LogP contribution in [0.5, 0.6) is 0 Å². The number of amides is 2. The lowest BCUT2D eigenvalue weighted by molar-refractivity contribution is 0.0999. The summed E-state index contributed by atoms with van der Waals surface area (Å²) in [6.07, 6.45) is 0. The zero-order valence-electron chi connectivity index (χ0n) is 21.7. The molecule has 5 aromatic rings. The van der Waals surface area contributed by atoms with Gasteiger partial charge in [0, 0.05) is 47.7 Å². The first kappa shape index (κ1) is 26.1. The van der Waals surface area contributed by atoms with Crippen LogP contribution >= 0.6 is 0 Å². The van der Waals surface area contributed by atoms with Gasteiger partial charge in [-0.3, -0.25) is 9.59 Å². The highest BCUT2D eigenvalue weighted by atomic mass is 19.1. The minimum absolute atomic E-state index is 0.330. The Labute approximate surface area is 225 Å². The Hall–Kier alpha value is -4.53. The Kier molecular flexibility index (Phi) is 7.40. The molecule has 1 aromatic heterocycles. The fourth-order valence-corrected chi connectivity index (χ4v) is 4.87. The fraction of sp³-hybridized carbons (Fsp3) is 0.161. The number of nitrogens with two attached hydrogens (primary N) is 1. The van der Waals surface area contributed by atoms with Crippen LogP contribution in [0.2, 0.25) is 0 Å². The Morgan fingerprint density at radius 2 is 1.79 bits per heavy atom. The molecule has 4 aromatic carbocycles. The number of primary amides is 1. The number of benzene rings is 4. The molecule has 0 aliphatic rings. The van der Waals surface area contributed by atoms with Gasteiger partial charge in [0.15, 0.2) is 0 Å². The number of halogens is 1. The molecule has 7 nitrogen and oxygen atoms in total. The molecule has 198 valence electrons. The maximum Gasteiger partial charge on any atom is 0.255 e. The third-order valence-corrected chi connectivity index (χ3v) is 6.87. The van der Waals surface area contributed by atoms with Gasteiger partial charge in [0.25, 0.3) is 11.8 Å². The van der Waals surface area contributed by atoms with E-state index in [4.69, 9.17) is 10.5 Å². The van der Waals surface area contributed by atoms with E-state index >= 15 is 0 Å². The maximum atomic E-state index is 13.3. The summed E-state index contributed by atoms with van der Waals surface area (Å²) < 4.78 is 18.4. The Morgan fingerprint density at radius 1 is 1.00 bits per heavy atom. The van der Waals surface area contributed by atoms with E-state index in [-0.39, 0.29) is 5.91 Å². The van der Waals surface area contributed by atoms with Crippen LogP contribution in [0.15, 0.2) is 72.8 Å². The van der Waals surface area contributed by atoms with E-state index in [1.807, 2.05) is 37.3 Å². The molecule has 0 radical (unpaired) electrons. The fourth-order valence-electron chi connectivity index (χ4n) is 4.87. The van der Waals surface area contributed by atoms with Gasteiger partial charge < -0.3 is 26.1 Å². The summed E-state index contributed by atoms with van der Waals surface area (Å²) in [7, 11) is 1.67. The van der Waals surface area contributed by atoms with E-state index in [9.17, 15) is 14.0 Å². The first-order chi connectivity index (χ1) is 18.9. The second-order valence-electron chi connectivity index (χ2n) is 9.39. The average Bonchev–Trinajstić information content (AvgIpc) is 3.31. The first-order valence-electron chi connectivity index (χ1n) is 12.6. The van der Waals surface area contributed by atoms with Gasteiger partial charge in [-0.05, 0) is 71.6 Å². The van der Waals surface area contributed by atoms with E-state index in [0.717, 1.165) is 45.1 Å². The molecule has 0 aliphatic carbocycles. The lowest BCUT2D eigenvalue weighted by Crippen LogP contribution is -2.18. The molecule has 5 N–H and O–H groups in total. The van der Waals surface area contributed by atoms with Crippen LogP contribution in [0, 0.1) is 12.7 Å². The summed E-state index contributed by atoms with van der Waals surface area (Å²) in [5.74, 6) is -1.25. The van der Waals surface area contributed by atoms with Gasteiger partial charge in [0.2, 0.25) is 0 Å². The summed E-state index contributed by atoms with van der Waals surface area (Å²) in [4.78, 5) is 28.6. The van der Waals surface area contributed by atoms with Crippen molar-refractivity contribution in [3.63, 3.8) is 0 Å². The summed E-state index contributed by atoms with van der Waals surface area (Å²) in [6.45, 7) is 3.98. The molecule has 0 bridgehead atoms. The number of ether oxygens (including phenoxy) is 1. The number of nitrogens with one attached hydrogen (secondary N) is 3. The van der Waals surface area contributed by atoms with E-state index in [2.05, 4.69) is 27.8 Å². The normalized spacial score (nSPS) is 11.3. The van der Waals surface area contributed by atoms with E-state index in [1.165, 1.54) is 24.3 Å². The Morgan fingerprint density at radius 3 is 2.54 bits per heavy atom. The number of carbonyl (C=O) groups excluding carboxylic acids is 2. The molecule has 0 saturated heterocycles. The molecular formula is C31H29FN4O3. The molecule has 0 saturated carbocycles. The number of hydrogen-bond donors (Lipinski definition) is 4. The first-order valence-corrected chi connectivity index (χ1v) is 12.6. The van der Waals surface area contributed by atoms with Crippen molar-refractivity contribution in [1.29, 1.82) is 0 Å². The van der Waals surface area contributed by atoms with Crippen LogP contribution in [0.25, 0.3) is 32.9 Å². The van der Waals surface area contributed by atoms with Gasteiger partial charge in [0.1, 0.15) is 5.82 Å². The van der Waals surface area contributed by atoms with Crippen molar-refractivity contribution in [2.24, 2.45) is 5.73 Å². The van der Waals surface area contributed by atoms with Crippen LogP contribution in [-0.2, 0) is 11.3 Å². The summed E-state index contributed by atoms with van der Waals surface area (Å²) in [5.41, 5.74) is 12.5. The maximum absolute atomic E-state index is 13.3. The van der Waals surface area contributed by atoms with Gasteiger partial charge in [-0.1, -0.05) is 30.3 Å². The third kappa shape index (κ3) is 5.25. The number of H-pyrrole nitrogens is 1. The van der Waals surface area contributed by atoms with Crippen molar-refractivity contribution in [3.8, 4) is 11.1 Å². The highest BCUT2D eigenvalue weighted by Gasteiger charge is 2.19. The zero-order chi connectivity index (χ0) is 27.5. The van der Waals surface area contributed by atoms with Gasteiger partial charge in [-0.2, -0.15) is 0 Å². The van der Waals surface area contributed by atoms with Crippen LogP contribution in [-0.4, -0.2) is 37.1 Å².